The van der Waals surface area contributed by atoms with E-state index in [1.807, 2.05) is 30.3 Å². The number of aromatic nitrogens is 1. The molecule has 0 unspecified atom stereocenters. The van der Waals surface area contributed by atoms with Crippen LogP contribution >= 0.6 is 0 Å². The molecule has 0 radical (unpaired) electrons. The SMILES string of the molecule is O=C(O)COc1ccc(-c2ccc([N+](=O)[O-])cc2)c(CN2CCN(c3ccccn3)CC2)c1. The molecule has 1 N–H and O–H groups in total. The molecule has 1 aliphatic heterocycles. The smallest absolute Gasteiger partial charge is 0.341 e. The number of benzene rings is 2. The summed E-state index contributed by atoms with van der Waals surface area (Å²) in [5.41, 5.74) is 2.79. The summed E-state index contributed by atoms with van der Waals surface area (Å²) in [7, 11) is 0. The van der Waals surface area contributed by atoms with Crippen LogP contribution in [-0.2, 0) is 11.3 Å². The van der Waals surface area contributed by atoms with Gasteiger partial charge in [0.05, 0.1) is 4.92 Å². The van der Waals surface area contributed by atoms with E-state index in [2.05, 4.69) is 14.8 Å². The molecule has 1 saturated heterocycles. The number of carboxylic acid groups (broad SMARTS) is 1. The van der Waals surface area contributed by atoms with Gasteiger partial charge in [-0.2, -0.15) is 0 Å². The average molecular weight is 448 g/mol. The number of pyridine rings is 1. The maximum absolute atomic E-state index is 11.0. The summed E-state index contributed by atoms with van der Waals surface area (Å²) in [5, 5.41) is 19.9. The topological polar surface area (TPSA) is 109 Å². The van der Waals surface area contributed by atoms with Crippen LogP contribution in [-0.4, -0.2) is 58.7 Å². The number of hydrogen-bond donors (Lipinski definition) is 1. The minimum atomic E-state index is -1.04. The summed E-state index contributed by atoms with van der Waals surface area (Å²) in [4.78, 5) is 30.5. The Labute approximate surface area is 191 Å². The zero-order chi connectivity index (χ0) is 23.2. The van der Waals surface area contributed by atoms with Crippen molar-refractivity contribution >= 4 is 17.5 Å². The van der Waals surface area contributed by atoms with Gasteiger partial charge in [0.15, 0.2) is 6.61 Å². The zero-order valence-electron chi connectivity index (χ0n) is 18.0. The van der Waals surface area contributed by atoms with Crippen LogP contribution in [0.4, 0.5) is 11.5 Å². The molecule has 2 heterocycles. The number of nitrogens with zero attached hydrogens (tertiary/aromatic N) is 4. The van der Waals surface area contributed by atoms with Crippen LogP contribution in [0.5, 0.6) is 5.75 Å². The summed E-state index contributed by atoms with van der Waals surface area (Å²) < 4.78 is 5.39. The Balaban J connectivity index is 1.53. The third kappa shape index (κ3) is 5.64. The lowest BCUT2D eigenvalue weighted by Gasteiger charge is -2.35. The molecule has 170 valence electrons. The molecule has 0 amide bonds. The fourth-order valence-electron chi connectivity index (χ4n) is 3.90. The Hall–Kier alpha value is -3.98. The molecule has 9 nitrogen and oxygen atoms in total. The van der Waals surface area contributed by atoms with Gasteiger partial charge < -0.3 is 14.7 Å². The Morgan fingerprint density at radius 1 is 1.06 bits per heavy atom. The van der Waals surface area contributed by atoms with Gasteiger partial charge in [0.25, 0.3) is 5.69 Å². The van der Waals surface area contributed by atoms with Gasteiger partial charge in [0.1, 0.15) is 11.6 Å². The molecule has 9 heteroatoms. The summed E-state index contributed by atoms with van der Waals surface area (Å²) >= 11 is 0. The van der Waals surface area contributed by atoms with E-state index in [1.165, 1.54) is 12.1 Å². The number of anilines is 1. The summed E-state index contributed by atoms with van der Waals surface area (Å²) in [5.74, 6) is 0.402. The molecule has 2 aromatic carbocycles. The summed E-state index contributed by atoms with van der Waals surface area (Å²) in [6.07, 6.45) is 1.79. The molecule has 33 heavy (non-hydrogen) atoms. The van der Waals surface area contributed by atoms with Crippen molar-refractivity contribution in [3.05, 3.63) is 82.5 Å². The van der Waals surface area contributed by atoms with Crippen molar-refractivity contribution in [2.75, 3.05) is 37.7 Å². The standard InChI is InChI=1S/C24H24N4O5/c29-24(30)17-33-21-8-9-22(18-4-6-20(7-5-18)28(31)32)19(15-21)16-26-11-13-27(14-12-26)23-3-1-2-10-25-23/h1-10,15H,11-14,16-17H2,(H,29,30). The Morgan fingerprint density at radius 2 is 1.82 bits per heavy atom. The lowest BCUT2D eigenvalue weighted by Crippen LogP contribution is -2.46. The van der Waals surface area contributed by atoms with Crippen LogP contribution in [0, 0.1) is 10.1 Å². The van der Waals surface area contributed by atoms with Crippen LogP contribution in [0.15, 0.2) is 66.9 Å². The number of hydrogen-bond acceptors (Lipinski definition) is 7. The van der Waals surface area contributed by atoms with Crippen LogP contribution in [0.1, 0.15) is 5.56 Å². The van der Waals surface area contributed by atoms with E-state index in [1.54, 1.807) is 24.4 Å². The third-order valence-corrected chi connectivity index (χ3v) is 5.57. The normalized spacial score (nSPS) is 14.1. The maximum atomic E-state index is 11.0. The third-order valence-electron chi connectivity index (χ3n) is 5.57. The molecule has 0 aliphatic carbocycles. The van der Waals surface area contributed by atoms with Crippen molar-refractivity contribution in [2.45, 2.75) is 6.54 Å². The van der Waals surface area contributed by atoms with Gasteiger partial charge in [-0.25, -0.2) is 9.78 Å². The molecule has 0 bridgehead atoms. The van der Waals surface area contributed by atoms with E-state index in [-0.39, 0.29) is 5.69 Å². The minimum Gasteiger partial charge on any atom is -0.482 e. The largest absolute Gasteiger partial charge is 0.482 e. The van der Waals surface area contributed by atoms with E-state index in [9.17, 15) is 14.9 Å². The lowest BCUT2D eigenvalue weighted by molar-refractivity contribution is -0.384. The van der Waals surface area contributed by atoms with Crippen LogP contribution < -0.4 is 9.64 Å². The van der Waals surface area contributed by atoms with Gasteiger partial charge in [-0.3, -0.25) is 15.0 Å². The number of piperazine rings is 1. The van der Waals surface area contributed by atoms with Crippen molar-refractivity contribution in [1.29, 1.82) is 0 Å². The maximum Gasteiger partial charge on any atom is 0.341 e. The molecule has 0 saturated carbocycles. The van der Waals surface area contributed by atoms with Crippen molar-refractivity contribution < 1.29 is 19.6 Å². The van der Waals surface area contributed by atoms with E-state index in [0.717, 1.165) is 48.7 Å². The first-order chi connectivity index (χ1) is 16.0. The van der Waals surface area contributed by atoms with E-state index >= 15 is 0 Å². The number of carboxylic acids is 1. The fourth-order valence-corrected chi connectivity index (χ4v) is 3.90. The van der Waals surface area contributed by atoms with Gasteiger partial charge in [-0.15, -0.1) is 0 Å². The van der Waals surface area contributed by atoms with Gasteiger partial charge in [0.2, 0.25) is 0 Å². The highest BCUT2D eigenvalue weighted by molar-refractivity contribution is 5.70. The van der Waals surface area contributed by atoms with Gasteiger partial charge >= 0.3 is 5.97 Å². The zero-order valence-corrected chi connectivity index (χ0v) is 18.0. The molecular formula is C24H24N4O5. The van der Waals surface area contributed by atoms with E-state index in [0.29, 0.717) is 12.3 Å². The quantitative estimate of drug-likeness (QED) is 0.412. The molecule has 4 rings (SSSR count). The predicted molar refractivity (Wildman–Crippen MR) is 123 cm³/mol. The summed E-state index contributed by atoms with van der Waals surface area (Å²) in [6, 6.07) is 17.8. The molecule has 0 atom stereocenters. The van der Waals surface area contributed by atoms with Crippen LogP contribution in [0.25, 0.3) is 11.1 Å². The number of ether oxygens (including phenoxy) is 1. The summed E-state index contributed by atoms with van der Waals surface area (Å²) in [6.45, 7) is 3.61. The van der Waals surface area contributed by atoms with E-state index < -0.39 is 17.5 Å². The predicted octanol–water partition coefficient (Wildman–Crippen LogP) is 3.44. The second-order valence-electron chi connectivity index (χ2n) is 7.76. The number of carbonyl (C=O) groups is 1. The Kier molecular flexibility index (Phi) is 6.80. The van der Waals surface area contributed by atoms with Crippen LogP contribution in [0.2, 0.25) is 0 Å². The first-order valence-corrected chi connectivity index (χ1v) is 10.6. The molecule has 1 aliphatic rings. The number of aliphatic carboxylic acids is 1. The number of nitro benzene ring substituents is 1. The Morgan fingerprint density at radius 3 is 2.45 bits per heavy atom. The van der Waals surface area contributed by atoms with Crippen LogP contribution in [0.3, 0.4) is 0 Å². The van der Waals surface area contributed by atoms with Crippen molar-refractivity contribution in [1.82, 2.24) is 9.88 Å². The van der Waals surface area contributed by atoms with Crippen molar-refractivity contribution in [2.24, 2.45) is 0 Å². The highest BCUT2D eigenvalue weighted by Crippen LogP contribution is 2.30. The van der Waals surface area contributed by atoms with Crippen molar-refractivity contribution in [3.63, 3.8) is 0 Å². The molecule has 1 fully saturated rings. The number of non-ortho nitro benzene ring substituents is 1. The minimum absolute atomic E-state index is 0.0346. The fraction of sp³-hybridized carbons (Fsp3) is 0.250. The lowest BCUT2D eigenvalue weighted by atomic mass is 9.98. The van der Waals surface area contributed by atoms with Gasteiger partial charge in [-0.05, 0) is 53.1 Å². The monoisotopic (exact) mass is 448 g/mol. The highest BCUT2D eigenvalue weighted by atomic mass is 16.6. The first kappa shape index (κ1) is 22.2. The molecule has 1 aromatic heterocycles. The first-order valence-electron chi connectivity index (χ1n) is 10.6. The number of nitro groups is 1. The Bertz CT molecular complexity index is 1110. The second kappa shape index (κ2) is 10.1. The van der Waals surface area contributed by atoms with Gasteiger partial charge in [-0.1, -0.05) is 12.1 Å². The average Bonchev–Trinajstić information content (AvgIpc) is 2.84. The van der Waals surface area contributed by atoms with Crippen molar-refractivity contribution in [3.8, 4) is 16.9 Å². The highest BCUT2D eigenvalue weighted by Gasteiger charge is 2.20. The molecule has 0 spiro atoms. The van der Waals surface area contributed by atoms with Gasteiger partial charge in [0, 0.05) is 51.1 Å². The van der Waals surface area contributed by atoms with E-state index in [4.69, 9.17) is 9.84 Å². The molecular weight excluding hydrogens is 424 g/mol. The number of rotatable bonds is 8. The molecule has 3 aromatic rings. The second-order valence-corrected chi connectivity index (χ2v) is 7.76.